The Labute approximate surface area is 118 Å². The van der Waals surface area contributed by atoms with Gasteiger partial charge in [0.15, 0.2) is 11.5 Å². The Bertz CT molecular complexity index is 598. The Kier molecular flexibility index (Phi) is 2.44. The van der Waals surface area contributed by atoms with E-state index in [0.29, 0.717) is 11.8 Å². The zero-order valence-corrected chi connectivity index (χ0v) is 11.5. The summed E-state index contributed by atoms with van der Waals surface area (Å²) >= 11 is 0. The Morgan fingerprint density at radius 2 is 2.25 bits per heavy atom. The van der Waals surface area contributed by atoms with Crippen molar-refractivity contribution >= 4 is 0 Å². The first-order chi connectivity index (χ1) is 9.64. The van der Waals surface area contributed by atoms with E-state index >= 15 is 0 Å². The molecular formula is C16H19NO3. The molecule has 4 atom stereocenters. The van der Waals surface area contributed by atoms with E-state index in [2.05, 4.69) is 11.0 Å². The van der Waals surface area contributed by atoms with Crippen LogP contribution in [0.1, 0.15) is 24.0 Å². The lowest BCUT2D eigenvalue weighted by molar-refractivity contribution is 0.110. The Morgan fingerprint density at radius 1 is 1.40 bits per heavy atom. The lowest BCUT2D eigenvalue weighted by Gasteiger charge is -2.45. The van der Waals surface area contributed by atoms with Crippen molar-refractivity contribution in [3.05, 3.63) is 35.4 Å². The van der Waals surface area contributed by atoms with Crippen molar-refractivity contribution in [1.82, 2.24) is 4.90 Å². The number of rotatable bonds is 1. The van der Waals surface area contributed by atoms with Gasteiger partial charge in [0.25, 0.3) is 0 Å². The molecule has 0 saturated carbocycles. The first-order valence-electron chi connectivity index (χ1n) is 7.16. The maximum Gasteiger partial charge on any atom is 0.160 e. The molecule has 4 rings (SSSR count). The van der Waals surface area contributed by atoms with Crippen LogP contribution < -0.4 is 4.74 Å². The molecule has 1 aliphatic carbocycles. The van der Waals surface area contributed by atoms with Gasteiger partial charge in [0.1, 0.15) is 0 Å². The van der Waals surface area contributed by atoms with E-state index in [9.17, 15) is 10.2 Å². The van der Waals surface area contributed by atoms with Gasteiger partial charge in [-0.1, -0.05) is 12.2 Å². The van der Waals surface area contributed by atoms with Crippen molar-refractivity contribution in [2.45, 2.75) is 36.9 Å². The van der Waals surface area contributed by atoms with E-state index < -0.39 is 0 Å². The molecule has 0 spiro atoms. The molecule has 0 aromatic heterocycles. The highest BCUT2D eigenvalue weighted by atomic mass is 16.5. The van der Waals surface area contributed by atoms with Crippen molar-refractivity contribution in [3.8, 4) is 11.5 Å². The van der Waals surface area contributed by atoms with E-state index in [1.54, 1.807) is 7.11 Å². The average Bonchev–Trinajstić information content (AvgIpc) is 2.71. The predicted octanol–water partition coefficient (Wildman–Crippen LogP) is 1.55. The smallest absolute Gasteiger partial charge is 0.160 e. The molecule has 2 heterocycles. The summed E-state index contributed by atoms with van der Waals surface area (Å²) in [6.45, 7) is 1.92. The highest BCUT2D eigenvalue weighted by molar-refractivity contribution is 5.54. The quantitative estimate of drug-likeness (QED) is 0.762. The van der Waals surface area contributed by atoms with Crippen molar-refractivity contribution in [2.24, 2.45) is 0 Å². The number of ether oxygens (including phenoxy) is 1. The van der Waals surface area contributed by atoms with Gasteiger partial charge in [0.05, 0.1) is 13.2 Å². The molecule has 2 N–H and O–H groups in total. The normalized spacial score (nSPS) is 37.4. The van der Waals surface area contributed by atoms with E-state index in [4.69, 9.17) is 4.74 Å². The molecule has 0 amide bonds. The first kappa shape index (κ1) is 12.2. The van der Waals surface area contributed by atoms with Crippen LogP contribution in [-0.4, -0.2) is 40.9 Å². The number of nitrogens with zero attached hydrogens (tertiary/aromatic N) is 1. The number of hydrogen-bond acceptors (Lipinski definition) is 4. The number of aliphatic hydroxyl groups is 1. The second kappa shape index (κ2) is 3.99. The fourth-order valence-electron chi connectivity index (χ4n) is 4.27. The molecular weight excluding hydrogens is 254 g/mol. The molecule has 2 aliphatic heterocycles. The van der Waals surface area contributed by atoms with Crippen molar-refractivity contribution in [1.29, 1.82) is 0 Å². The zero-order valence-electron chi connectivity index (χ0n) is 11.5. The van der Waals surface area contributed by atoms with Gasteiger partial charge in [0.2, 0.25) is 0 Å². The van der Waals surface area contributed by atoms with Crippen LogP contribution in [0.15, 0.2) is 24.3 Å². The second-order valence-corrected chi connectivity index (χ2v) is 6.12. The molecule has 1 aromatic rings. The third-order valence-electron chi connectivity index (χ3n) is 5.21. The molecule has 1 aromatic carbocycles. The number of fused-ring (bicyclic) bond motifs is 1. The monoisotopic (exact) mass is 273 g/mol. The van der Waals surface area contributed by atoms with Crippen LogP contribution in [0.2, 0.25) is 0 Å². The van der Waals surface area contributed by atoms with Crippen LogP contribution in [0.5, 0.6) is 11.5 Å². The second-order valence-electron chi connectivity index (χ2n) is 6.12. The SMILES string of the molecule is COc1cc2c(cc1O)[C@@]13C=C[C@@H](O)C[C@@H]1N(CC3)C2. The molecule has 2 bridgehead atoms. The Morgan fingerprint density at radius 3 is 3.05 bits per heavy atom. The Balaban J connectivity index is 1.91. The molecule has 20 heavy (non-hydrogen) atoms. The molecule has 4 heteroatoms. The Hall–Kier alpha value is -1.52. The molecule has 1 fully saturated rings. The zero-order chi connectivity index (χ0) is 13.9. The van der Waals surface area contributed by atoms with Crippen LogP contribution in [0.25, 0.3) is 0 Å². The van der Waals surface area contributed by atoms with Crippen LogP contribution in [0.3, 0.4) is 0 Å². The lowest BCUT2D eigenvalue weighted by Crippen LogP contribution is -2.49. The van der Waals surface area contributed by atoms with E-state index in [1.807, 2.05) is 18.2 Å². The predicted molar refractivity (Wildman–Crippen MR) is 74.9 cm³/mol. The molecule has 106 valence electrons. The number of aliphatic hydroxyl groups excluding tert-OH is 1. The van der Waals surface area contributed by atoms with Crippen molar-refractivity contribution in [2.75, 3.05) is 13.7 Å². The molecule has 1 saturated heterocycles. The molecule has 0 radical (unpaired) electrons. The highest BCUT2D eigenvalue weighted by Gasteiger charge is 2.52. The van der Waals surface area contributed by atoms with E-state index in [0.717, 1.165) is 25.9 Å². The topological polar surface area (TPSA) is 52.9 Å². The largest absolute Gasteiger partial charge is 0.504 e. The van der Waals surface area contributed by atoms with Gasteiger partial charge in [-0.05, 0) is 36.1 Å². The summed E-state index contributed by atoms with van der Waals surface area (Å²) in [5.41, 5.74) is 2.39. The van der Waals surface area contributed by atoms with E-state index in [-0.39, 0.29) is 17.3 Å². The summed E-state index contributed by atoms with van der Waals surface area (Å²) in [5, 5.41) is 20.0. The third-order valence-corrected chi connectivity index (χ3v) is 5.21. The van der Waals surface area contributed by atoms with E-state index in [1.165, 1.54) is 11.1 Å². The lowest BCUT2D eigenvalue weighted by atomic mass is 9.66. The number of phenols is 1. The van der Waals surface area contributed by atoms with Gasteiger partial charge in [-0.3, -0.25) is 4.90 Å². The van der Waals surface area contributed by atoms with Crippen molar-refractivity contribution < 1.29 is 14.9 Å². The minimum atomic E-state index is -0.345. The van der Waals surface area contributed by atoms with Crippen LogP contribution in [0, 0.1) is 0 Å². The molecule has 4 nitrogen and oxygen atoms in total. The summed E-state index contributed by atoms with van der Waals surface area (Å²) in [7, 11) is 1.58. The fraction of sp³-hybridized carbons (Fsp3) is 0.500. The first-order valence-corrected chi connectivity index (χ1v) is 7.16. The average molecular weight is 273 g/mol. The summed E-state index contributed by atoms with van der Waals surface area (Å²) in [6, 6.07) is 4.17. The molecule has 1 unspecified atom stereocenters. The van der Waals surface area contributed by atoms with Gasteiger partial charge in [-0.15, -0.1) is 0 Å². The summed E-state index contributed by atoms with van der Waals surface area (Å²) in [6.07, 6.45) is 5.57. The fourth-order valence-corrected chi connectivity index (χ4v) is 4.27. The minimum Gasteiger partial charge on any atom is -0.504 e. The van der Waals surface area contributed by atoms with Gasteiger partial charge < -0.3 is 14.9 Å². The highest BCUT2D eigenvalue weighted by Crippen LogP contribution is 2.52. The van der Waals surface area contributed by atoms with Crippen LogP contribution in [-0.2, 0) is 12.0 Å². The maximum absolute atomic E-state index is 10.1. The van der Waals surface area contributed by atoms with Gasteiger partial charge in [-0.2, -0.15) is 0 Å². The number of phenolic OH excluding ortho intramolecular Hbond substituents is 1. The van der Waals surface area contributed by atoms with Crippen molar-refractivity contribution in [3.63, 3.8) is 0 Å². The van der Waals surface area contributed by atoms with Gasteiger partial charge in [-0.25, -0.2) is 0 Å². The number of hydrogen-bond donors (Lipinski definition) is 2. The summed E-state index contributed by atoms with van der Waals surface area (Å²) in [5.74, 6) is 0.748. The summed E-state index contributed by atoms with van der Waals surface area (Å²) < 4.78 is 5.23. The molecule has 3 aliphatic rings. The van der Waals surface area contributed by atoms with Crippen LogP contribution in [0.4, 0.5) is 0 Å². The number of benzene rings is 1. The standard InChI is InChI=1S/C16H19NO3/c1-20-14-6-10-9-17-5-4-16(12(10)8-13(14)19)3-2-11(18)7-15(16)17/h2-3,6,8,11,15,18-19H,4-5,7,9H2,1H3/t11-,15+,16+/m1/s1. The minimum absolute atomic E-state index is 0.0451. The third kappa shape index (κ3) is 1.43. The van der Waals surface area contributed by atoms with Crippen LogP contribution >= 0.6 is 0 Å². The van der Waals surface area contributed by atoms with Gasteiger partial charge in [0, 0.05) is 24.5 Å². The maximum atomic E-state index is 10.1. The van der Waals surface area contributed by atoms with Gasteiger partial charge >= 0.3 is 0 Å². The number of methoxy groups -OCH3 is 1. The summed E-state index contributed by atoms with van der Waals surface area (Å²) in [4.78, 5) is 2.45. The number of aromatic hydroxyl groups is 1.